The molecule has 2 rings (SSSR count). The Morgan fingerprint density at radius 3 is 2.39 bits per heavy atom. The highest BCUT2D eigenvalue weighted by Crippen LogP contribution is 2.66. The first-order valence-corrected chi connectivity index (χ1v) is 9.89. The molecule has 1 unspecified atom stereocenters. The molecule has 1 heterocycles. The van der Waals surface area contributed by atoms with Crippen LogP contribution in [0.15, 0.2) is 46.2 Å². The van der Waals surface area contributed by atoms with Gasteiger partial charge in [-0.05, 0) is 29.5 Å². The lowest BCUT2D eigenvalue weighted by molar-refractivity contribution is -0.116. The Balaban J connectivity index is 2.35. The predicted molar refractivity (Wildman–Crippen MR) is 101 cm³/mol. The number of amides is 1. The third-order valence-electron chi connectivity index (χ3n) is 4.18. The molecule has 0 spiro atoms. The molecule has 1 atom stereocenters. The zero-order valence-corrected chi connectivity index (χ0v) is 15.7. The van der Waals surface area contributed by atoms with Crippen LogP contribution in [-0.4, -0.2) is 25.3 Å². The van der Waals surface area contributed by atoms with E-state index in [1.807, 2.05) is 24.3 Å². The van der Waals surface area contributed by atoms with Gasteiger partial charge >= 0.3 is 0 Å². The van der Waals surface area contributed by atoms with Crippen LogP contribution in [0.3, 0.4) is 0 Å². The average molecular weight is 354 g/mol. The Bertz CT molecular complexity index is 650. The summed E-state index contributed by atoms with van der Waals surface area (Å²) in [5.74, 6) is 0.896. The van der Waals surface area contributed by atoms with Gasteiger partial charge < -0.3 is 9.08 Å². The van der Waals surface area contributed by atoms with Crippen molar-refractivity contribution >= 4 is 33.5 Å². The van der Waals surface area contributed by atoms with Gasteiger partial charge in [-0.15, -0.1) is 0 Å². The van der Waals surface area contributed by atoms with Crippen molar-refractivity contribution in [3.8, 4) is 0 Å². The van der Waals surface area contributed by atoms with Gasteiger partial charge in [0.2, 0.25) is 5.91 Å². The highest BCUT2D eigenvalue weighted by atomic mass is 35.5. The Kier molecular flexibility index (Phi) is 5.95. The normalized spacial score (nSPS) is 23.0. The van der Waals surface area contributed by atoms with Gasteiger partial charge in [0, 0.05) is 24.7 Å². The van der Waals surface area contributed by atoms with Crippen LogP contribution in [0.4, 0.5) is 5.69 Å². The van der Waals surface area contributed by atoms with Crippen LogP contribution >= 0.6 is 21.9 Å². The molecule has 1 amide bonds. The average Bonchev–Trinajstić information content (AvgIpc) is 2.90. The number of anilines is 1. The van der Waals surface area contributed by atoms with E-state index in [1.54, 1.807) is 18.9 Å². The van der Waals surface area contributed by atoms with Crippen molar-refractivity contribution in [2.24, 2.45) is 0 Å². The van der Waals surface area contributed by atoms with Crippen LogP contribution in [0, 0.1) is 0 Å². The minimum atomic E-state index is -1.43. The maximum absolute atomic E-state index is 12.2. The molecule has 0 radical (unpaired) electrons. The number of benzene rings is 1. The molecule has 0 N–H and O–H groups in total. The minimum absolute atomic E-state index is 0.0237. The van der Waals surface area contributed by atoms with E-state index in [1.165, 1.54) is 9.81 Å². The quantitative estimate of drug-likeness (QED) is 0.697. The van der Waals surface area contributed by atoms with Crippen molar-refractivity contribution in [2.45, 2.75) is 27.2 Å². The smallest absolute Gasteiger partial charge is 0.224 e. The lowest BCUT2D eigenvalue weighted by atomic mass is 10.2. The third kappa shape index (κ3) is 3.35. The van der Waals surface area contributed by atoms with Crippen molar-refractivity contribution in [3.05, 3.63) is 51.3 Å². The van der Waals surface area contributed by atoms with Crippen LogP contribution in [0.1, 0.15) is 27.2 Å². The Morgan fingerprint density at radius 1 is 1.22 bits per heavy atom. The highest BCUT2D eigenvalue weighted by molar-refractivity contribution is 8.36. The maximum atomic E-state index is 12.2. The lowest BCUT2D eigenvalue weighted by Crippen LogP contribution is -2.32. The summed E-state index contributed by atoms with van der Waals surface area (Å²) < 4.78 is 5.99. The van der Waals surface area contributed by atoms with Crippen LogP contribution in [0.5, 0.6) is 0 Å². The molecule has 23 heavy (non-hydrogen) atoms. The van der Waals surface area contributed by atoms with Crippen LogP contribution < -0.4 is 4.90 Å². The SMILES string of the molecule is CCC1=CC=C(CN(C(C)=O)c2ccccc2Cl)S1(CC)OC. The monoisotopic (exact) mass is 353 g/mol. The van der Waals surface area contributed by atoms with Crippen molar-refractivity contribution in [1.82, 2.24) is 0 Å². The zero-order chi connectivity index (χ0) is 17.0. The van der Waals surface area contributed by atoms with Crippen LogP contribution in [0.25, 0.3) is 0 Å². The fraction of sp³-hybridized carbons (Fsp3) is 0.389. The summed E-state index contributed by atoms with van der Waals surface area (Å²) in [7, 11) is 0.340. The van der Waals surface area contributed by atoms with Gasteiger partial charge in [-0.2, -0.15) is 0 Å². The summed E-state index contributed by atoms with van der Waals surface area (Å²) in [6, 6.07) is 7.45. The second kappa shape index (κ2) is 7.56. The molecule has 0 fully saturated rings. The van der Waals surface area contributed by atoms with Crippen molar-refractivity contribution in [1.29, 1.82) is 0 Å². The lowest BCUT2D eigenvalue weighted by Gasteiger charge is -2.40. The van der Waals surface area contributed by atoms with E-state index in [4.69, 9.17) is 15.8 Å². The first kappa shape index (κ1) is 18.1. The molecule has 0 aliphatic carbocycles. The Morgan fingerprint density at radius 2 is 1.87 bits per heavy atom. The van der Waals surface area contributed by atoms with Crippen molar-refractivity contribution in [2.75, 3.05) is 24.3 Å². The molecular weight excluding hydrogens is 330 g/mol. The van der Waals surface area contributed by atoms with Gasteiger partial charge in [0.1, 0.15) is 0 Å². The number of halogens is 1. The second-order valence-corrected chi connectivity index (χ2v) is 9.02. The Hall–Kier alpha value is -1.23. The first-order chi connectivity index (χ1) is 11.0. The first-order valence-electron chi connectivity index (χ1n) is 7.79. The number of rotatable bonds is 6. The number of allylic oxidation sites excluding steroid dienone is 3. The number of hydrogen-bond donors (Lipinski definition) is 0. The van der Waals surface area contributed by atoms with E-state index in [0.29, 0.717) is 11.6 Å². The van der Waals surface area contributed by atoms with E-state index < -0.39 is 10.3 Å². The summed E-state index contributed by atoms with van der Waals surface area (Å²) in [6.45, 7) is 6.38. The van der Waals surface area contributed by atoms with Crippen LogP contribution in [-0.2, 0) is 8.98 Å². The maximum Gasteiger partial charge on any atom is 0.224 e. The molecule has 1 aromatic rings. The number of para-hydroxylation sites is 1. The van der Waals surface area contributed by atoms with Gasteiger partial charge in [0.15, 0.2) is 0 Å². The molecule has 3 nitrogen and oxygen atoms in total. The van der Waals surface area contributed by atoms with E-state index >= 15 is 0 Å². The largest absolute Gasteiger partial charge is 0.332 e. The summed E-state index contributed by atoms with van der Waals surface area (Å²) in [5.41, 5.74) is 0.744. The van der Waals surface area contributed by atoms with Gasteiger partial charge in [0.25, 0.3) is 0 Å². The fourth-order valence-corrected chi connectivity index (χ4v) is 6.34. The summed E-state index contributed by atoms with van der Waals surface area (Å²) in [6.07, 6.45) is 5.24. The number of carbonyl (C=O) groups is 1. The summed E-state index contributed by atoms with van der Waals surface area (Å²) >= 11 is 6.29. The highest BCUT2D eigenvalue weighted by Gasteiger charge is 2.35. The molecule has 0 bridgehead atoms. The van der Waals surface area contributed by atoms with Gasteiger partial charge in [-0.3, -0.25) is 4.79 Å². The fourth-order valence-electron chi connectivity index (χ4n) is 2.98. The molecule has 1 aliphatic rings. The molecule has 0 aromatic heterocycles. The van der Waals surface area contributed by atoms with E-state index in [-0.39, 0.29) is 5.91 Å². The molecular formula is C18H24ClNO2S. The summed E-state index contributed by atoms with van der Waals surface area (Å²) in [4.78, 5) is 16.5. The molecule has 5 heteroatoms. The van der Waals surface area contributed by atoms with E-state index in [2.05, 4.69) is 26.0 Å². The topological polar surface area (TPSA) is 29.5 Å². The predicted octanol–water partition coefficient (Wildman–Crippen LogP) is 5.27. The number of hydrogen-bond acceptors (Lipinski definition) is 2. The molecule has 1 aliphatic heterocycles. The summed E-state index contributed by atoms with van der Waals surface area (Å²) in [5, 5.41) is 0.583. The molecule has 0 saturated carbocycles. The standard InChI is InChI=1S/C18H24ClNO2S/c1-5-15-11-12-16(23(15,6-2)22-4)13-20(14(3)21)18-10-8-7-9-17(18)19/h7-12H,5-6,13H2,1-4H3. The number of carbonyl (C=O) groups excluding carboxylic acids is 1. The van der Waals surface area contributed by atoms with Crippen molar-refractivity contribution < 1.29 is 8.98 Å². The van der Waals surface area contributed by atoms with Crippen LogP contribution in [0.2, 0.25) is 5.02 Å². The van der Waals surface area contributed by atoms with Gasteiger partial charge in [-0.25, -0.2) is 0 Å². The third-order valence-corrected chi connectivity index (χ3v) is 8.26. The molecule has 0 saturated heterocycles. The molecule has 126 valence electrons. The van der Waals surface area contributed by atoms with Gasteiger partial charge in [0.05, 0.1) is 17.3 Å². The zero-order valence-electron chi connectivity index (χ0n) is 14.1. The second-order valence-electron chi connectivity index (χ2n) is 5.31. The van der Waals surface area contributed by atoms with Gasteiger partial charge in [-0.1, -0.05) is 54.0 Å². The minimum Gasteiger partial charge on any atom is -0.332 e. The Labute approximate surface area is 145 Å². The molecule has 1 aromatic carbocycles. The van der Waals surface area contributed by atoms with E-state index in [0.717, 1.165) is 17.9 Å². The number of nitrogens with zero attached hydrogens (tertiary/aromatic N) is 1. The van der Waals surface area contributed by atoms with Crippen molar-refractivity contribution in [3.63, 3.8) is 0 Å². The van der Waals surface area contributed by atoms with E-state index in [9.17, 15) is 4.79 Å².